The van der Waals surface area contributed by atoms with E-state index in [1.165, 1.54) is 28.8 Å². The van der Waals surface area contributed by atoms with Gasteiger partial charge in [-0.3, -0.25) is 9.05 Å². The van der Waals surface area contributed by atoms with Gasteiger partial charge in [0.25, 0.3) is 5.69 Å². The molecule has 23 heteroatoms. The molecule has 19 nitrogen and oxygen atoms in total. The van der Waals surface area contributed by atoms with Gasteiger partial charge in [-0.2, -0.15) is 23.5 Å². The van der Waals surface area contributed by atoms with Crippen molar-refractivity contribution in [2.75, 3.05) is 42.4 Å². The normalized spacial score (nSPS) is 15.1. The number of hydrogen-bond acceptors (Lipinski definition) is 18. The molecule has 6 aromatic rings. The molecule has 0 radical (unpaired) electrons. The van der Waals surface area contributed by atoms with Gasteiger partial charge in [0.15, 0.2) is 10.9 Å². The van der Waals surface area contributed by atoms with Crippen molar-refractivity contribution in [3.8, 4) is 23.0 Å². The molecule has 4 aromatic heterocycles. The van der Waals surface area contributed by atoms with Gasteiger partial charge in [-0.15, -0.1) is 4.63 Å². The van der Waals surface area contributed by atoms with Crippen molar-refractivity contribution < 1.29 is 32.0 Å². The summed E-state index contributed by atoms with van der Waals surface area (Å²) in [5.74, 6) is -0.607. The summed E-state index contributed by atoms with van der Waals surface area (Å²) < 4.78 is 47.9. The Hall–Kier alpha value is -5.68. The summed E-state index contributed by atoms with van der Waals surface area (Å²) in [5, 5.41) is 35.6. The summed E-state index contributed by atoms with van der Waals surface area (Å²) >= 11 is 3.45. The third-order valence-electron chi connectivity index (χ3n) is 8.13. The largest absolute Gasteiger partial charge is 0.446 e. The standard InChI is InChI=1S/C15H14FN5O3S.C12H6FN5O5.C3H9NS/c1-25-5-4-17-13-12(18-24-19-13)14-20-23-15(22)21(14)11-6-8-2-3-9(16)7-10(8)11;13-6-2-1-5-3-8(7(5)4-6)17-10(15-22-12(17)19)9-11(18(20)21)16-23-14-9;1-5-3-2-4/h2-3,7,11H,4-6H2,1H3,(H,17,19);1-2,4,8H,3H2;2-4H2,1H3. The molecule has 0 amide bonds. The highest BCUT2D eigenvalue weighted by molar-refractivity contribution is 7.98. The summed E-state index contributed by atoms with van der Waals surface area (Å²) in [7, 11) is 0. The summed E-state index contributed by atoms with van der Waals surface area (Å²) in [5.41, 5.74) is 8.25. The number of fused-ring (bicyclic) bond motifs is 2. The van der Waals surface area contributed by atoms with E-state index in [0.29, 0.717) is 30.8 Å². The molecule has 53 heavy (non-hydrogen) atoms. The van der Waals surface area contributed by atoms with Gasteiger partial charge >= 0.3 is 17.3 Å². The van der Waals surface area contributed by atoms with Crippen LogP contribution in [0.2, 0.25) is 0 Å². The number of nitrogens with two attached hydrogens (primary N) is 1. The van der Waals surface area contributed by atoms with Crippen molar-refractivity contribution >= 4 is 35.2 Å². The Morgan fingerprint density at radius 3 is 1.87 bits per heavy atom. The number of nitro groups is 1. The highest BCUT2D eigenvalue weighted by Crippen LogP contribution is 2.40. The van der Waals surface area contributed by atoms with Crippen molar-refractivity contribution in [3.05, 3.63) is 102 Å². The van der Waals surface area contributed by atoms with Crippen molar-refractivity contribution in [1.29, 1.82) is 0 Å². The molecule has 0 bridgehead atoms. The topological polar surface area (TPSA) is 255 Å². The maximum absolute atomic E-state index is 13.5. The van der Waals surface area contributed by atoms with Crippen molar-refractivity contribution in [1.82, 2.24) is 40.1 Å². The van der Waals surface area contributed by atoms with Crippen LogP contribution in [0.5, 0.6) is 0 Å². The zero-order valence-corrected chi connectivity index (χ0v) is 29.4. The lowest BCUT2D eigenvalue weighted by atomic mass is 9.83. The van der Waals surface area contributed by atoms with Gasteiger partial charge in [-0.25, -0.2) is 32.1 Å². The van der Waals surface area contributed by atoms with Crippen LogP contribution in [0.25, 0.3) is 23.0 Å². The molecule has 2 aromatic carbocycles. The third-order valence-corrected chi connectivity index (χ3v) is 9.39. The Kier molecular flexibility index (Phi) is 11.4. The zero-order valence-electron chi connectivity index (χ0n) is 27.8. The Labute approximate surface area is 304 Å². The fourth-order valence-electron chi connectivity index (χ4n) is 5.62. The number of thioether (sulfide) groups is 2. The first-order valence-corrected chi connectivity index (χ1v) is 18.4. The van der Waals surface area contributed by atoms with Gasteiger partial charge in [0.2, 0.25) is 17.5 Å². The number of benzene rings is 2. The van der Waals surface area contributed by atoms with Crippen molar-refractivity contribution in [2.24, 2.45) is 5.73 Å². The Morgan fingerprint density at radius 2 is 1.36 bits per heavy atom. The molecule has 278 valence electrons. The fraction of sp³-hybridized carbons (Fsp3) is 0.333. The fourth-order valence-corrected chi connectivity index (χ4v) is 6.16. The van der Waals surface area contributed by atoms with Crippen LogP contribution in [0.3, 0.4) is 0 Å². The first-order valence-electron chi connectivity index (χ1n) is 15.6. The maximum Gasteiger partial charge on any atom is 0.446 e. The van der Waals surface area contributed by atoms with Gasteiger partial charge < -0.3 is 21.2 Å². The summed E-state index contributed by atoms with van der Waals surface area (Å²) in [6.45, 7) is 1.46. The first kappa shape index (κ1) is 37.1. The van der Waals surface area contributed by atoms with E-state index in [1.807, 2.05) is 12.5 Å². The Morgan fingerprint density at radius 1 is 0.830 bits per heavy atom. The Bertz CT molecular complexity index is 2330. The minimum atomic E-state index is -0.836. The van der Waals surface area contributed by atoms with Crippen molar-refractivity contribution in [2.45, 2.75) is 24.9 Å². The van der Waals surface area contributed by atoms with Gasteiger partial charge in [0.1, 0.15) is 11.6 Å². The molecule has 2 atom stereocenters. The maximum atomic E-state index is 13.5. The van der Waals surface area contributed by atoms with Crippen LogP contribution in [-0.2, 0) is 12.8 Å². The minimum absolute atomic E-state index is 0.192. The summed E-state index contributed by atoms with van der Waals surface area (Å²) in [6.07, 6.45) is 5.06. The molecule has 2 aliphatic carbocycles. The van der Waals surface area contributed by atoms with Gasteiger partial charge in [0, 0.05) is 24.6 Å². The number of anilines is 1. The lowest BCUT2D eigenvalue weighted by Gasteiger charge is -2.30. The molecule has 8 rings (SSSR count). The SMILES string of the molecule is CSCCN.CSCCNc1nonc1-c1noc(=O)n1C1Cc2ccc(F)cc21.O=c1onc(-c2nonc2[N+](=O)[O-])n1C1Cc2ccc(F)cc21. The van der Waals surface area contributed by atoms with Gasteiger partial charge in [0.05, 0.1) is 12.1 Å². The molecule has 0 aliphatic heterocycles. The van der Waals surface area contributed by atoms with Gasteiger partial charge in [-0.05, 0) is 92.3 Å². The number of hydrogen-bond donors (Lipinski definition) is 2. The van der Waals surface area contributed by atoms with Crippen LogP contribution < -0.4 is 22.6 Å². The third kappa shape index (κ3) is 7.61. The zero-order chi connectivity index (χ0) is 37.6. The molecule has 0 saturated heterocycles. The number of aromatic nitrogens is 8. The highest BCUT2D eigenvalue weighted by Gasteiger charge is 2.37. The van der Waals surface area contributed by atoms with E-state index in [1.54, 1.807) is 35.7 Å². The van der Waals surface area contributed by atoms with E-state index in [9.17, 15) is 28.5 Å². The summed E-state index contributed by atoms with van der Waals surface area (Å²) in [4.78, 5) is 34.2. The lowest BCUT2D eigenvalue weighted by Crippen LogP contribution is -2.31. The molecular weight excluding hydrogens is 745 g/mol. The van der Waals surface area contributed by atoms with E-state index in [4.69, 9.17) is 14.9 Å². The molecule has 0 saturated carbocycles. The number of halogens is 2. The molecule has 0 fully saturated rings. The van der Waals surface area contributed by atoms with Crippen molar-refractivity contribution in [3.63, 3.8) is 0 Å². The molecule has 3 N–H and O–H groups in total. The molecule has 2 unspecified atom stereocenters. The molecule has 2 aliphatic rings. The van der Waals surface area contributed by atoms with Crippen LogP contribution in [0, 0.1) is 21.7 Å². The summed E-state index contributed by atoms with van der Waals surface area (Å²) in [6, 6.07) is 7.86. The second-order valence-electron chi connectivity index (χ2n) is 11.3. The minimum Gasteiger partial charge on any atom is -0.364 e. The molecular formula is C30H29F2N11O8S2. The second kappa shape index (κ2) is 16.3. The van der Waals surface area contributed by atoms with Crippen LogP contribution in [0.4, 0.5) is 20.4 Å². The first-order chi connectivity index (χ1) is 25.7. The van der Waals surface area contributed by atoms with Gasteiger partial charge in [-0.1, -0.05) is 22.4 Å². The lowest BCUT2D eigenvalue weighted by molar-refractivity contribution is -0.390. The molecule has 0 spiro atoms. The quantitative estimate of drug-likeness (QED) is 0.109. The van der Waals surface area contributed by atoms with E-state index in [2.05, 4.69) is 45.4 Å². The van der Waals surface area contributed by atoms with Crippen LogP contribution in [0.1, 0.15) is 34.3 Å². The van der Waals surface area contributed by atoms with E-state index in [0.717, 1.165) is 39.3 Å². The second-order valence-corrected chi connectivity index (χ2v) is 13.2. The predicted molar refractivity (Wildman–Crippen MR) is 186 cm³/mol. The predicted octanol–water partition coefficient (Wildman–Crippen LogP) is 3.33. The smallest absolute Gasteiger partial charge is 0.364 e. The van der Waals surface area contributed by atoms with Crippen LogP contribution in [0.15, 0.2) is 64.3 Å². The van der Waals surface area contributed by atoms with Crippen LogP contribution >= 0.6 is 23.5 Å². The van der Waals surface area contributed by atoms with E-state index >= 15 is 0 Å². The number of rotatable bonds is 11. The number of nitrogens with zero attached hydrogens (tertiary/aromatic N) is 9. The monoisotopic (exact) mass is 773 g/mol. The van der Waals surface area contributed by atoms with E-state index < -0.39 is 34.1 Å². The van der Waals surface area contributed by atoms with E-state index in [-0.39, 0.29) is 34.9 Å². The highest BCUT2D eigenvalue weighted by atomic mass is 32.2. The average Bonchev–Trinajstić information content (AvgIpc) is 3.94. The number of nitrogens with one attached hydrogen (secondary N) is 1. The Balaban J connectivity index is 0.000000162. The average molecular weight is 774 g/mol. The molecule has 4 heterocycles. The van der Waals surface area contributed by atoms with Crippen LogP contribution in [-0.4, -0.2) is 82.1 Å².